The van der Waals surface area contributed by atoms with Crippen molar-refractivity contribution in [2.45, 2.75) is 159 Å². The molecule has 17 nitrogen and oxygen atoms in total. The lowest BCUT2D eigenvalue weighted by Gasteiger charge is -2.46. The molecule has 0 aromatic heterocycles. The smallest absolute Gasteiger partial charge is 0.246 e. The molecule has 1 aliphatic carbocycles. The van der Waals surface area contributed by atoms with Gasteiger partial charge in [-0.15, -0.1) is 0 Å². The molecule has 0 aromatic rings. The summed E-state index contributed by atoms with van der Waals surface area (Å²) in [4.78, 5) is 38.4. The highest BCUT2D eigenvalue weighted by molar-refractivity contribution is 5.79. The van der Waals surface area contributed by atoms with Crippen LogP contribution in [0.3, 0.4) is 0 Å². The van der Waals surface area contributed by atoms with Gasteiger partial charge in [-0.2, -0.15) is 0 Å². The van der Waals surface area contributed by atoms with Gasteiger partial charge in [0.15, 0.2) is 12.6 Å². The summed E-state index contributed by atoms with van der Waals surface area (Å²) in [5, 5.41) is 57.5. The number of nitrogens with one attached hydrogen (secondary N) is 2. The minimum absolute atomic E-state index is 0.0803. The molecule has 17 heteroatoms. The highest BCUT2D eigenvalue weighted by atomic mass is 16.7. The first-order valence-electron chi connectivity index (χ1n) is 18.8. The van der Waals surface area contributed by atoms with E-state index in [0.717, 1.165) is 32.1 Å². The predicted molar refractivity (Wildman–Crippen MR) is 186 cm³/mol. The molecule has 0 radical (unpaired) electrons. The third kappa shape index (κ3) is 12.8. The lowest BCUT2D eigenvalue weighted by Crippen LogP contribution is -2.66. The van der Waals surface area contributed by atoms with Gasteiger partial charge in [0.2, 0.25) is 17.7 Å². The van der Waals surface area contributed by atoms with E-state index in [1.54, 1.807) is 13.8 Å². The molecule has 3 amide bonds. The van der Waals surface area contributed by atoms with E-state index in [9.17, 15) is 39.9 Å². The molecule has 3 aliphatic rings. The highest BCUT2D eigenvalue weighted by Gasteiger charge is 2.49. The third-order valence-electron chi connectivity index (χ3n) is 10.4. The van der Waals surface area contributed by atoms with E-state index in [4.69, 9.17) is 35.2 Å². The maximum Gasteiger partial charge on any atom is 0.246 e. The second-order valence-corrected chi connectivity index (χ2v) is 14.7. The molecular weight excluding hydrogens is 684 g/mol. The standard InChI is InChI=1S/C35H64N4O13/c1-5-21(17-48-35-30(45)29(44)27(42)19(3)50-35)14-23(33(47)38-12-11-36)13-18(2)49-34-26(39-20(4)41)31(28(43)25(16-40)52-34)51-24(32(37)46)15-22-9-7-6-8-10-22/h18-19,21-31,34-35,40,42-45H,5-17,36H2,1-4H3,(H2,37,46)(H,38,47)(H,39,41)/t18-,19-,21+,23?,24-,25-,26?,27?,28-,29-,30-,31?,34+,35?/m0/s1. The highest BCUT2D eigenvalue weighted by Crippen LogP contribution is 2.32. The van der Waals surface area contributed by atoms with Crippen molar-refractivity contribution in [3.05, 3.63) is 0 Å². The zero-order valence-electron chi connectivity index (χ0n) is 31.0. The van der Waals surface area contributed by atoms with Crippen LogP contribution >= 0.6 is 0 Å². The Bertz CT molecular complexity index is 1100. The Morgan fingerprint density at radius 3 is 2.23 bits per heavy atom. The topological polar surface area (TPSA) is 275 Å². The largest absolute Gasteiger partial charge is 0.394 e. The third-order valence-corrected chi connectivity index (χ3v) is 10.4. The van der Waals surface area contributed by atoms with E-state index >= 15 is 0 Å². The fourth-order valence-corrected chi connectivity index (χ4v) is 7.36. The number of carbonyl (C=O) groups excluding carboxylic acids is 3. The van der Waals surface area contributed by atoms with Gasteiger partial charge in [0.05, 0.1) is 25.4 Å². The van der Waals surface area contributed by atoms with Crippen LogP contribution in [-0.2, 0) is 38.1 Å². The number of carbonyl (C=O) groups is 3. The summed E-state index contributed by atoms with van der Waals surface area (Å²) in [5.41, 5.74) is 11.4. The first-order chi connectivity index (χ1) is 24.7. The Kier molecular flexibility index (Phi) is 18.6. The zero-order chi connectivity index (χ0) is 38.5. The summed E-state index contributed by atoms with van der Waals surface area (Å²) >= 11 is 0. The average Bonchev–Trinajstić information content (AvgIpc) is 3.11. The van der Waals surface area contributed by atoms with Gasteiger partial charge in [-0.3, -0.25) is 14.4 Å². The van der Waals surface area contributed by atoms with Crippen LogP contribution in [0, 0.1) is 17.8 Å². The van der Waals surface area contributed by atoms with Gasteiger partial charge in [-0.25, -0.2) is 0 Å². The van der Waals surface area contributed by atoms with Crippen LogP contribution < -0.4 is 22.1 Å². The summed E-state index contributed by atoms with van der Waals surface area (Å²) < 4.78 is 29.9. The van der Waals surface area contributed by atoms with Crippen LogP contribution in [0.4, 0.5) is 0 Å². The van der Waals surface area contributed by atoms with Crippen LogP contribution in [0.1, 0.15) is 85.5 Å². The predicted octanol–water partition coefficient (Wildman–Crippen LogP) is -1.47. The Morgan fingerprint density at radius 2 is 1.63 bits per heavy atom. The van der Waals surface area contributed by atoms with Crippen LogP contribution in [0.2, 0.25) is 0 Å². The van der Waals surface area contributed by atoms with Crippen molar-refractivity contribution < 1.29 is 63.6 Å². The van der Waals surface area contributed by atoms with Crippen LogP contribution in [0.15, 0.2) is 0 Å². The van der Waals surface area contributed by atoms with Crippen LogP contribution in [0.5, 0.6) is 0 Å². The molecule has 11 N–H and O–H groups in total. The fraction of sp³-hybridized carbons (Fsp3) is 0.914. The lowest BCUT2D eigenvalue weighted by molar-refractivity contribution is -0.295. The van der Waals surface area contributed by atoms with Crippen LogP contribution in [-0.4, -0.2) is 143 Å². The molecule has 1 saturated carbocycles. The Balaban J connectivity index is 1.76. The average molecular weight is 749 g/mol. The maximum atomic E-state index is 13.4. The van der Waals surface area contributed by atoms with Gasteiger partial charge in [0.1, 0.15) is 48.8 Å². The minimum atomic E-state index is -1.47. The summed E-state index contributed by atoms with van der Waals surface area (Å²) in [6, 6.07) is -1.11. The number of hydrogen-bond donors (Lipinski definition) is 9. The Morgan fingerprint density at radius 1 is 0.942 bits per heavy atom. The quantitative estimate of drug-likeness (QED) is 0.0688. The number of hydrogen-bond acceptors (Lipinski definition) is 14. The normalized spacial score (nSPS) is 33.8. The second-order valence-electron chi connectivity index (χ2n) is 14.7. The van der Waals surface area contributed by atoms with Crippen molar-refractivity contribution in [2.24, 2.45) is 29.2 Å². The Labute approximate surface area is 306 Å². The number of amides is 3. The molecule has 5 unspecified atom stereocenters. The monoisotopic (exact) mass is 748 g/mol. The van der Waals surface area contributed by atoms with Crippen LogP contribution in [0.25, 0.3) is 0 Å². The second kappa shape index (κ2) is 21.8. The summed E-state index contributed by atoms with van der Waals surface area (Å²) in [5.74, 6) is -2.07. The first kappa shape index (κ1) is 44.4. The lowest BCUT2D eigenvalue weighted by atomic mass is 9.85. The molecule has 14 atom stereocenters. The molecule has 2 heterocycles. The van der Waals surface area contributed by atoms with Crippen molar-refractivity contribution in [3.63, 3.8) is 0 Å². The van der Waals surface area contributed by atoms with Gasteiger partial charge < -0.3 is 71.3 Å². The van der Waals surface area contributed by atoms with Gasteiger partial charge in [0.25, 0.3) is 0 Å². The molecule has 0 bridgehead atoms. The van der Waals surface area contributed by atoms with E-state index in [1.807, 2.05) is 6.92 Å². The van der Waals surface area contributed by atoms with Crippen molar-refractivity contribution in [2.75, 3.05) is 26.3 Å². The number of aliphatic hydroxyl groups is 5. The van der Waals surface area contributed by atoms with Crippen molar-refractivity contribution in [3.8, 4) is 0 Å². The number of ether oxygens (including phenoxy) is 5. The summed E-state index contributed by atoms with van der Waals surface area (Å²) in [6.45, 7) is 6.42. The molecular formula is C35H64N4O13. The molecule has 2 aliphatic heterocycles. The van der Waals surface area contributed by atoms with Crippen molar-refractivity contribution in [1.29, 1.82) is 0 Å². The molecule has 52 heavy (non-hydrogen) atoms. The van der Waals surface area contributed by atoms with Crippen molar-refractivity contribution in [1.82, 2.24) is 10.6 Å². The molecule has 0 spiro atoms. The van der Waals surface area contributed by atoms with Gasteiger partial charge >= 0.3 is 0 Å². The Hall–Kier alpha value is -2.03. The van der Waals surface area contributed by atoms with E-state index in [1.165, 1.54) is 6.92 Å². The van der Waals surface area contributed by atoms with Gasteiger partial charge in [0, 0.05) is 25.9 Å². The number of aliphatic hydroxyl groups excluding tert-OH is 5. The van der Waals surface area contributed by atoms with E-state index in [2.05, 4.69) is 10.6 Å². The molecule has 302 valence electrons. The van der Waals surface area contributed by atoms with Crippen molar-refractivity contribution >= 4 is 17.7 Å². The number of primary amides is 1. The zero-order valence-corrected chi connectivity index (χ0v) is 31.0. The maximum absolute atomic E-state index is 13.4. The fourth-order valence-electron chi connectivity index (χ4n) is 7.36. The molecule has 2 saturated heterocycles. The number of nitrogens with two attached hydrogens (primary N) is 2. The number of rotatable bonds is 20. The van der Waals surface area contributed by atoms with E-state index in [-0.39, 0.29) is 43.9 Å². The van der Waals surface area contributed by atoms with Gasteiger partial charge in [-0.05, 0) is 44.9 Å². The van der Waals surface area contributed by atoms with E-state index < -0.39 is 97.9 Å². The minimum Gasteiger partial charge on any atom is -0.394 e. The molecule has 3 fully saturated rings. The molecule has 3 rings (SSSR count). The SMILES string of the molecule is CC[C@@H](COC1O[C@@H](C)C(O)[C@H](O)[C@@H]1O)CC(C[C@H](C)O[C@@H]1O[C@@H](CO)[C@H](O)C(O[C@@H](CC2CCCCC2)C(N)=O)C1NC(C)=O)C(=O)NCCN. The van der Waals surface area contributed by atoms with Gasteiger partial charge in [-0.1, -0.05) is 45.4 Å². The summed E-state index contributed by atoms with van der Waals surface area (Å²) in [7, 11) is 0. The first-order valence-corrected chi connectivity index (χ1v) is 18.8. The molecule has 0 aromatic carbocycles. The van der Waals surface area contributed by atoms with E-state index in [0.29, 0.717) is 19.3 Å². The summed E-state index contributed by atoms with van der Waals surface area (Å²) in [6.07, 6.45) is -6.47.